The second-order valence-corrected chi connectivity index (χ2v) is 6.72. The number of rotatable bonds is 4. The fraction of sp³-hybridized carbons (Fsp3) is 0.643. The Balaban J connectivity index is 1.79. The molecule has 0 bridgehead atoms. The lowest BCUT2D eigenvalue weighted by atomic mass is 9.92. The number of hydrogen-bond acceptors (Lipinski definition) is 3. The van der Waals surface area contributed by atoms with Gasteiger partial charge >= 0.3 is 0 Å². The number of piperidine rings is 1. The van der Waals surface area contributed by atoms with Crippen LogP contribution < -0.4 is 4.90 Å². The van der Waals surface area contributed by atoms with E-state index >= 15 is 0 Å². The molecule has 1 saturated heterocycles. The highest BCUT2D eigenvalue weighted by molar-refractivity contribution is 9.08. The number of alkyl halides is 1. The molecule has 1 aliphatic rings. The zero-order valence-electron chi connectivity index (χ0n) is 11.3. The second-order valence-electron chi connectivity index (χ2n) is 5.29. The van der Waals surface area contributed by atoms with Gasteiger partial charge in [0.2, 0.25) is 0 Å². The molecule has 1 fully saturated rings. The summed E-state index contributed by atoms with van der Waals surface area (Å²) in [6.07, 6.45) is 7.47. The number of nitrogens with zero attached hydrogens (tertiary/aromatic N) is 3. The molecule has 3 rings (SSSR count). The Morgan fingerprint density at radius 1 is 1.42 bits per heavy atom. The SMILES string of the molecule is CCCC1CCN(c2nc3sccn3c2CBr)CC1. The van der Waals surface area contributed by atoms with E-state index in [2.05, 4.69) is 43.7 Å². The van der Waals surface area contributed by atoms with Crippen molar-refractivity contribution in [3.05, 3.63) is 17.3 Å². The van der Waals surface area contributed by atoms with Crippen LogP contribution in [0.25, 0.3) is 4.96 Å². The lowest BCUT2D eigenvalue weighted by molar-refractivity contribution is 0.377. The average molecular weight is 342 g/mol. The summed E-state index contributed by atoms with van der Waals surface area (Å²) < 4.78 is 2.22. The molecule has 0 N–H and O–H groups in total. The molecule has 3 heterocycles. The van der Waals surface area contributed by atoms with Gasteiger partial charge in [-0.1, -0.05) is 35.7 Å². The first kappa shape index (κ1) is 13.4. The Bertz CT molecular complexity index is 540. The fourth-order valence-corrected chi connectivity index (χ4v) is 4.29. The van der Waals surface area contributed by atoms with Crippen LogP contribution in [0.3, 0.4) is 0 Å². The molecule has 0 unspecified atom stereocenters. The van der Waals surface area contributed by atoms with Crippen molar-refractivity contribution in [2.75, 3.05) is 18.0 Å². The topological polar surface area (TPSA) is 20.5 Å². The summed E-state index contributed by atoms with van der Waals surface area (Å²) in [4.78, 5) is 8.40. The van der Waals surface area contributed by atoms with Crippen molar-refractivity contribution >= 4 is 38.0 Å². The summed E-state index contributed by atoms with van der Waals surface area (Å²) in [6.45, 7) is 4.61. The first-order chi connectivity index (χ1) is 9.33. The maximum Gasteiger partial charge on any atom is 0.195 e. The molecule has 3 nitrogen and oxygen atoms in total. The zero-order valence-corrected chi connectivity index (χ0v) is 13.7. The van der Waals surface area contributed by atoms with Crippen molar-refractivity contribution < 1.29 is 0 Å². The highest BCUT2D eigenvalue weighted by atomic mass is 79.9. The summed E-state index contributed by atoms with van der Waals surface area (Å²) in [7, 11) is 0. The Labute approximate surface area is 126 Å². The molecule has 2 aromatic rings. The maximum atomic E-state index is 4.82. The van der Waals surface area contributed by atoms with E-state index in [1.165, 1.54) is 37.2 Å². The van der Waals surface area contributed by atoms with E-state index in [4.69, 9.17) is 4.98 Å². The van der Waals surface area contributed by atoms with E-state index < -0.39 is 0 Å². The molecule has 0 spiro atoms. The summed E-state index contributed by atoms with van der Waals surface area (Å²) in [5, 5.41) is 2.97. The van der Waals surface area contributed by atoms with Gasteiger partial charge < -0.3 is 4.90 Å². The molecule has 1 aliphatic heterocycles. The van der Waals surface area contributed by atoms with Gasteiger partial charge in [0.25, 0.3) is 0 Å². The first-order valence-corrected chi connectivity index (χ1v) is 9.09. The van der Waals surface area contributed by atoms with Gasteiger partial charge in [0.1, 0.15) is 0 Å². The van der Waals surface area contributed by atoms with E-state index in [0.717, 1.165) is 29.3 Å². The third-order valence-corrected chi connectivity index (χ3v) is 5.37. The van der Waals surface area contributed by atoms with Crippen LogP contribution in [-0.4, -0.2) is 22.5 Å². The van der Waals surface area contributed by atoms with Crippen LogP contribution in [0, 0.1) is 5.92 Å². The molecular formula is C14H20BrN3S. The van der Waals surface area contributed by atoms with Crippen LogP contribution >= 0.6 is 27.3 Å². The van der Waals surface area contributed by atoms with Gasteiger partial charge in [-0.2, -0.15) is 0 Å². The third-order valence-electron chi connectivity index (χ3n) is 4.08. The maximum absolute atomic E-state index is 4.82. The van der Waals surface area contributed by atoms with E-state index in [0.29, 0.717) is 0 Å². The lowest BCUT2D eigenvalue weighted by Crippen LogP contribution is -2.34. The van der Waals surface area contributed by atoms with E-state index in [1.807, 2.05) is 0 Å². The molecule has 0 saturated carbocycles. The van der Waals surface area contributed by atoms with Gasteiger partial charge in [0.05, 0.1) is 5.69 Å². The third kappa shape index (κ3) is 2.55. The van der Waals surface area contributed by atoms with Gasteiger partial charge in [-0.15, -0.1) is 11.3 Å². The summed E-state index contributed by atoms with van der Waals surface area (Å²) in [5.74, 6) is 2.12. The number of thiazole rings is 1. The Kier molecular flexibility index (Phi) is 4.12. The molecular weight excluding hydrogens is 322 g/mol. The molecule has 0 radical (unpaired) electrons. The number of fused-ring (bicyclic) bond motifs is 1. The fourth-order valence-electron chi connectivity index (χ4n) is 3.04. The molecule has 5 heteroatoms. The molecule has 2 aromatic heterocycles. The summed E-state index contributed by atoms with van der Waals surface area (Å²) in [6, 6.07) is 0. The smallest absolute Gasteiger partial charge is 0.195 e. The van der Waals surface area contributed by atoms with Crippen molar-refractivity contribution in [3.8, 4) is 0 Å². The largest absolute Gasteiger partial charge is 0.355 e. The Morgan fingerprint density at radius 2 is 2.21 bits per heavy atom. The van der Waals surface area contributed by atoms with Crippen LogP contribution in [0.2, 0.25) is 0 Å². The number of imidazole rings is 1. The van der Waals surface area contributed by atoms with Gasteiger partial charge in [-0.25, -0.2) is 4.98 Å². The minimum atomic E-state index is 0.870. The normalized spacial score (nSPS) is 17.5. The minimum Gasteiger partial charge on any atom is -0.355 e. The number of hydrogen-bond donors (Lipinski definition) is 0. The zero-order chi connectivity index (χ0) is 13.2. The van der Waals surface area contributed by atoms with E-state index in [9.17, 15) is 0 Å². The molecule has 19 heavy (non-hydrogen) atoms. The van der Waals surface area contributed by atoms with Gasteiger partial charge in [-0.05, 0) is 18.8 Å². The van der Waals surface area contributed by atoms with Crippen molar-refractivity contribution in [2.45, 2.75) is 37.9 Å². The van der Waals surface area contributed by atoms with Crippen molar-refractivity contribution in [1.82, 2.24) is 9.38 Å². The Hall–Kier alpha value is -0.550. The lowest BCUT2D eigenvalue weighted by Gasteiger charge is -2.32. The monoisotopic (exact) mass is 341 g/mol. The first-order valence-electron chi connectivity index (χ1n) is 7.08. The van der Waals surface area contributed by atoms with Crippen LogP contribution in [0.4, 0.5) is 5.82 Å². The van der Waals surface area contributed by atoms with Crippen LogP contribution in [-0.2, 0) is 5.33 Å². The number of halogens is 1. The predicted octanol–water partition coefficient (Wildman–Crippen LogP) is 4.31. The van der Waals surface area contributed by atoms with E-state index in [-0.39, 0.29) is 0 Å². The predicted molar refractivity (Wildman–Crippen MR) is 85.5 cm³/mol. The molecule has 0 atom stereocenters. The van der Waals surface area contributed by atoms with Crippen LogP contribution in [0.15, 0.2) is 11.6 Å². The summed E-state index contributed by atoms with van der Waals surface area (Å²) in [5.41, 5.74) is 1.30. The summed E-state index contributed by atoms with van der Waals surface area (Å²) >= 11 is 5.33. The Morgan fingerprint density at radius 3 is 2.89 bits per heavy atom. The van der Waals surface area contributed by atoms with Crippen LogP contribution in [0.1, 0.15) is 38.3 Å². The van der Waals surface area contributed by atoms with Gasteiger partial charge in [-0.3, -0.25) is 4.40 Å². The minimum absolute atomic E-state index is 0.870. The molecule has 104 valence electrons. The molecule has 0 aliphatic carbocycles. The highest BCUT2D eigenvalue weighted by Crippen LogP contribution is 2.30. The second kappa shape index (κ2) is 5.83. The quantitative estimate of drug-likeness (QED) is 0.772. The number of anilines is 1. The number of aromatic nitrogens is 2. The van der Waals surface area contributed by atoms with Crippen molar-refractivity contribution in [3.63, 3.8) is 0 Å². The molecule has 0 amide bonds. The standard InChI is InChI=1S/C14H20BrN3S/c1-2-3-11-4-6-17(7-5-11)13-12(10-15)18-8-9-19-14(18)16-13/h8-9,11H,2-7,10H2,1H3. The average Bonchev–Trinajstić information content (AvgIpc) is 3.00. The highest BCUT2D eigenvalue weighted by Gasteiger charge is 2.23. The van der Waals surface area contributed by atoms with Crippen molar-refractivity contribution in [2.24, 2.45) is 5.92 Å². The van der Waals surface area contributed by atoms with Crippen LogP contribution in [0.5, 0.6) is 0 Å². The van der Waals surface area contributed by atoms with Gasteiger partial charge in [0, 0.05) is 30.0 Å². The molecule has 0 aromatic carbocycles. The van der Waals surface area contributed by atoms with Crippen molar-refractivity contribution in [1.29, 1.82) is 0 Å². The van der Waals surface area contributed by atoms with Gasteiger partial charge in [0.15, 0.2) is 10.8 Å². The van der Waals surface area contributed by atoms with E-state index in [1.54, 1.807) is 11.3 Å².